The molecule has 3 atom stereocenters. The molecule has 1 rings (SSSR count). The van der Waals surface area contributed by atoms with Gasteiger partial charge in [-0.1, -0.05) is 6.92 Å². The van der Waals surface area contributed by atoms with Crippen molar-refractivity contribution in [3.8, 4) is 0 Å². The Balaban J connectivity index is 2.36. The Morgan fingerprint density at radius 3 is 2.33 bits per heavy atom. The molecule has 52 valence electrons. The lowest BCUT2D eigenvalue weighted by Crippen LogP contribution is -2.18. The van der Waals surface area contributed by atoms with Crippen LogP contribution < -0.4 is 5.32 Å². The van der Waals surface area contributed by atoms with Crippen molar-refractivity contribution in [1.82, 2.24) is 5.32 Å². The Bertz CT molecular complexity index is 135. The van der Waals surface area contributed by atoms with E-state index in [2.05, 4.69) is 5.32 Å². The Kier molecular flexibility index (Phi) is 1.45. The molecule has 0 spiro atoms. The molecule has 1 fully saturated rings. The minimum atomic E-state index is -0.711. The van der Waals surface area contributed by atoms with E-state index in [1.807, 2.05) is 6.92 Å². The van der Waals surface area contributed by atoms with Crippen molar-refractivity contribution in [3.63, 3.8) is 0 Å². The highest BCUT2D eigenvalue weighted by Gasteiger charge is 2.39. The molecule has 3 nitrogen and oxygen atoms in total. The van der Waals surface area contributed by atoms with Gasteiger partial charge in [0.1, 0.15) is 0 Å². The van der Waals surface area contributed by atoms with E-state index >= 15 is 0 Å². The molecule has 0 aromatic carbocycles. The van der Waals surface area contributed by atoms with Gasteiger partial charge in [-0.3, -0.25) is 4.79 Å². The van der Waals surface area contributed by atoms with Gasteiger partial charge in [-0.05, 0) is 6.92 Å². The molecule has 0 aliphatic carbocycles. The molecule has 0 amide bonds. The maximum atomic E-state index is 10.3. The number of carboxylic acid groups (broad SMARTS) is 1. The van der Waals surface area contributed by atoms with Gasteiger partial charge in [0.15, 0.2) is 0 Å². The van der Waals surface area contributed by atoms with Crippen LogP contribution in [0.1, 0.15) is 13.8 Å². The normalized spacial score (nSPS) is 35.8. The zero-order chi connectivity index (χ0) is 7.02. The SMILES string of the molecule is CC1NC1C(C)C(=O)O. The summed E-state index contributed by atoms with van der Waals surface area (Å²) in [5, 5.41) is 11.5. The molecule has 3 unspecified atom stereocenters. The summed E-state index contributed by atoms with van der Waals surface area (Å²) < 4.78 is 0. The summed E-state index contributed by atoms with van der Waals surface area (Å²) in [4.78, 5) is 10.3. The first-order valence-corrected chi connectivity index (χ1v) is 3.12. The Morgan fingerprint density at radius 2 is 2.22 bits per heavy atom. The van der Waals surface area contributed by atoms with E-state index in [0.29, 0.717) is 6.04 Å². The van der Waals surface area contributed by atoms with E-state index in [1.165, 1.54) is 0 Å². The summed E-state index contributed by atoms with van der Waals surface area (Å²) in [5.41, 5.74) is 0. The maximum absolute atomic E-state index is 10.3. The van der Waals surface area contributed by atoms with Crippen LogP contribution in [0, 0.1) is 5.92 Å². The number of hydrogen-bond acceptors (Lipinski definition) is 2. The third-order valence-corrected chi connectivity index (χ3v) is 1.81. The van der Waals surface area contributed by atoms with Crippen LogP contribution in [0.2, 0.25) is 0 Å². The zero-order valence-corrected chi connectivity index (χ0v) is 5.59. The molecule has 1 aliphatic rings. The summed E-state index contributed by atoms with van der Waals surface area (Å²) in [5.74, 6) is -0.947. The molecule has 2 N–H and O–H groups in total. The monoisotopic (exact) mass is 129 g/mol. The molecule has 0 radical (unpaired) electrons. The minimum absolute atomic E-state index is 0.211. The van der Waals surface area contributed by atoms with Crippen molar-refractivity contribution in [2.24, 2.45) is 5.92 Å². The molecule has 3 heteroatoms. The third-order valence-electron chi connectivity index (χ3n) is 1.81. The van der Waals surface area contributed by atoms with Gasteiger partial charge in [-0.2, -0.15) is 0 Å². The minimum Gasteiger partial charge on any atom is -0.481 e. The second kappa shape index (κ2) is 1.99. The van der Waals surface area contributed by atoms with Gasteiger partial charge in [0.05, 0.1) is 5.92 Å². The number of carbonyl (C=O) groups is 1. The Morgan fingerprint density at radius 1 is 1.78 bits per heavy atom. The van der Waals surface area contributed by atoms with E-state index < -0.39 is 5.97 Å². The van der Waals surface area contributed by atoms with Crippen molar-refractivity contribution in [3.05, 3.63) is 0 Å². The standard InChI is InChI=1S/C6H11NO2/c1-3(6(8)9)5-4(2)7-5/h3-5,7H,1-2H3,(H,8,9). The number of hydrogen-bond donors (Lipinski definition) is 2. The molecule has 1 saturated heterocycles. The summed E-state index contributed by atoms with van der Waals surface area (Å²) in [6.07, 6.45) is 0. The summed E-state index contributed by atoms with van der Waals surface area (Å²) in [6.45, 7) is 3.72. The number of carboxylic acids is 1. The van der Waals surface area contributed by atoms with Crippen LogP contribution in [0.25, 0.3) is 0 Å². The van der Waals surface area contributed by atoms with Crippen molar-refractivity contribution < 1.29 is 9.90 Å². The van der Waals surface area contributed by atoms with E-state index in [9.17, 15) is 4.79 Å². The predicted molar refractivity (Wildman–Crippen MR) is 33.2 cm³/mol. The van der Waals surface area contributed by atoms with E-state index in [-0.39, 0.29) is 12.0 Å². The molecular weight excluding hydrogens is 118 g/mol. The van der Waals surface area contributed by atoms with Crippen LogP contribution in [-0.4, -0.2) is 23.2 Å². The molecular formula is C6H11NO2. The second-order valence-electron chi connectivity index (χ2n) is 2.61. The average molecular weight is 129 g/mol. The van der Waals surface area contributed by atoms with Crippen LogP contribution in [0.3, 0.4) is 0 Å². The molecule has 0 bridgehead atoms. The maximum Gasteiger partial charge on any atom is 0.307 e. The average Bonchev–Trinajstić information content (AvgIpc) is 2.44. The lowest BCUT2D eigenvalue weighted by molar-refractivity contribution is -0.141. The highest BCUT2D eigenvalue weighted by atomic mass is 16.4. The van der Waals surface area contributed by atoms with E-state index in [0.717, 1.165) is 0 Å². The van der Waals surface area contributed by atoms with Crippen LogP contribution in [0.15, 0.2) is 0 Å². The van der Waals surface area contributed by atoms with Gasteiger partial charge in [-0.25, -0.2) is 0 Å². The van der Waals surface area contributed by atoms with Crippen molar-refractivity contribution in [2.75, 3.05) is 0 Å². The Hall–Kier alpha value is -0.570. The quantitative estimate of drug-likeness (QED) is 0.518. The van der Waals surface area contributed by atoms with Gasteiger partial charge in [0, 0.05) is 12.1 Å². The van der Waals surface area contributed by atoms with Crippen molar-refractivity contribution in [1.29, 1.82) is 0 Å². The fourth-order valence-electron chi connectivity index (χ4n) is 0.979. The zero-order valence-electron chi connectivity index (χ0n) is 5.59. The second-order valence-corrected chi connectivity index (χ2v) is 2.61. The first-order valence-electron chi connectivity index (χ1n) is 3.12. The van der Waals surface area contributed by atoms with Gasteiger partial charge in [0.2, 0.25) is 0 Å². The molecule has 0 saturated carbocycles. The summed E-state index contributed by atoms with van der Waals surface area (Å²) >= 11 is 0. The van der Waals surface area contributed by atoms with Gasteiger partial charge < -0.3 is 10.4 Å². The predicted octanol–water partition coefficient (Wildman–Crippen LogP) is 0.0674. The summed E-state index contributed by atoms with van der Waals surface area (Å²) in [7, 11) is 0. The number of rotatable bonds is 2. The highest BCUT2D eigenvalue weighted by molar-refractivity contribution is 5.71. The molecule has 0 aromatic heterocycles. The number of aliphatic carboxylic acids is 1. The van der Waals surface area contributed by atoms with E-state index in [4.69, 9.17) is 5.11 Å². The molecule has 1 heterocycles. The first kappa shape index (κ1) is 6.55. The first-order chi connectivity index (χ1) is 4.13. The lowest BCUT2D eigenvalue weighted by atomic mass is 10.1. The van der Waals surface area contributed by atoms with Crippen molar-refractivity contribution in [2.45, 2.75) is 25.9 Å². The van der Waals surface area contributed by atoms with Crippen molar-refractivity contribution >= 4 is 5.97 Å². The van der Waals surface area contributed by atoms with E-state index in [1.54, 1.807) is 6.92 Å². The molecule has 9 heavy (non-hydrogen) atoms. The molecule has 1 aliphatic heterocycles. The fraction of sp³-hybridized carbons (Fsp3) is 0.833. The summed E-state index contributed by atoms with van der Waals surface area (Å²) in [6, 6.07) is 0.610. The largest absolute Gasteiger partial charge is 0.481 e. The third kappa shape index (κ3) is 1.21. The Labute approximate surface area is 54.1 Å². The fourth-order valence-corrected chi connectivity index (χ4v) is 0.979. The molecule has 0 aromatic rings. The lowest BCUT2D eigenvalue weighted by Gasteiger charge is -1.99. The topological polar surface area (TPSA) is 59.2 Å². The highest BCUT2D eigenvalue weighted by Crippen LogP contribution is 2.19. The van der Waals surface area contributed by atoms with Crippen LogP contribution >= 0.6 is 0 Å². The van der Waals surface area contributed by atoms with Crippen LogP contribution in [-0.2, 0) is 4.79 Å². The van der Waals surface area contributed by atoms with Crippen LogP contribution in [0.5, 0.6) is 0 Å². The van der Waals surface area contributed by atoms with Crippen LogP contribution in [0.4, 0.5) is 0 Å². The van der Waals surface area contributed by atoms with Gasteiger partial charge in [0.25, 0.3) is 0 Å². The van der Waals surface area contributed by atoms with Gasteiger partial charge >= 0.3 is 5.97 Å². The number of nitrogens with one attached hydrogen (secondary N) is 1. The van der Waals surface area contributed by atoms with Gasteiger partial charge in [-0.15, -0.1) is 0 Å². The smallest absolute Gasteiger partial charge is 0.307 e.